The Labute approximate surface area is 172 Å². The molecular weight excluding hydrogens is 457 g/mol. The summed E-state index contributed by atoms with van der Waals surface area (Å²) in [6, 6.07) is -2.15. The topological polar surface area (TPSA) is 222 Å². The van der Waals surface area contributed by atoms with Gasteiger partial charge in [0.15, 0.2) is 0 Å². The number of carbonyl (C=O) groups excluding carboxylic acids is 2. The van der Waals surface area contributed by atoms with Crippen molar-refractivity contribution < 1.29 is 82.2 Å². The Balaban J connectivity index is -0.000000180. The minimum atomic E-state index is -1.22. The van der Waals surface area contributed by atoms with Crippen LogP contribution in [-0.2, 0) is 36.2 Å². The standard InChI is InChI=1S/C10H17N3O6S.2ClH.Cu.2H2O/c11-5(10(18)19)1-2-7(14)13-6(4-20)9(17)12-3-8(15)16;;;;;/h5-6,20H,1-4,11H2,(H,12,17)(H,13,14)(H,15,16)(H,18,19);2*1H;;2*1H2/q;;;+2;;/p-2/t5-,6-;;;;;/m0...../s1. The number of carbonyl (C=O) groups is 4. The molecule has 1 radical (unpaired) electrons. The first kappa shape index (κ1) is 39.3. The van der Waals surface area contributed by atoms with E-state index in [1.165, 1.54) is 0 Å². The molecule has 2 amide bonds. The molecule has 15 heteroatoms. The smallest absolute Gasteiger partial charge is 1.00 e. The van der Waals surface area contributed by atoms with Gasteiger partial charge in [-0.05, 0) is 6.42 Å². The predicted octanol–water partition coefficient (Wildman–Crippen LogP) is -9.85. The van der Waals surface area contributed by atoms with Gasteiger partial charge in [-0.3, -0.25) is 19.2 Å². The maximum atomic E-state index is 11.5. The number of aliphatic carboxylic acids is 2. The molecule has 25 heavy (non-hydrogen) atoms. The third kappa shape index (κ3) is 19.4. The van der Waals surface area contributed by atoms with E-state index in [0.717, 1.165) is 0 Å². The summed E-state index contributed by atoms with van der Waals surface area (Å²) in [6.45, 7) is -0.567. The second-order valence-corrected chi connectivity index (χ2v) is 4.26. The minimum absolute atomic E-state index is 0. The van der Waals surface area contributed by atoms with Gasteiger partial charge in [0.25, 0.3) is 0 Å². The molecule has 0 aliphatic rings. The Bertz CT molecular complexity index is 408. The summed E-state index contributed by atoms with van der Waals surface area (Å²) in [5.41, 5.74) is 5.23. The van der Waals surface area contributed by atoms with Crippen molar-refractivity contribution in [2.75, 3.05) is 12.3 Å². The maximum absolute atomic E-state index is 11.5. The summed E-state index contributed by atoms with van der Waals surface area (Å²) >= 11 is 3.87. The Hall–Kier alpha value is -0.791. The molecule has 0 aliphatic heterocycles. The van der Waals surface area contributed by atoms with Crippen molar-refractivity contribution >= 4 is 36.4 Å². The van der Waals surface area contributed by atoms with Crippen LogP contribution in [0.3, 0.4) is 0 Å². The Kier molecular flexibility index (Phi) is 33.4. The van der Waals surface area contributed by atoms with Gasteiger partial charge in [0.1, 0.15) is 18.6 Å². The molecule has 0 aromatic rings. The van der Waals surface area contributed by atoms with Gasteiger partial charge >= 0.3 is 29.0 Å². The summed E-state index contributed by atoms with van der Waals surface area (Å²) in [6.07, 6.45) is -0.235. The van der Waals surface area contributed by atoms with Crippen LogP contribution in [0.1, 0.15) is 12.8 Å². The van der Waals surface area contributed by atoms with Gasteiger partial charge in [-0.2, -0.15) is 12.6 Å². The molecule has 0 aromatic carbocycles. The molecule has 0 fully saturated rings. The van der Waals surface area contributed by atoms with Gasteiger partial charge in [0, 0.05) is 12.2 Å². The second-order valence-electron chi connectivity index (χ2n) is 3.90. The molecule has 10 N–H and O–H groups in total. The number of hydrogen-bond donors (Lipinski definition) is 6. The molecular formula is C10H21Cl2CuN3O8S. The fourth-order valence-corrected chi connectivity index (χ4v) is 1.41. The van der Waals surface area contributed by atoms with E-state index in [1.54, 1.807) is 0 Å². The number of nitrogens with one attached hydrogen (secondary N) is 2. The zero-order valence-corrected chi connectivity index (χ0v) is 15.9. The van der Waals surface area contributed by atoms with Crippen LogP contribution in [0.25, 0.3) is 0 Å². The van der Waals surface area contributed by atoms with E-state index in [1.807, 2.05) is 0 Å². The van der Waals surface area contributed by atoms with Crippen molar-refractivity contribution in [3.05, 3.63) is 0 Å². The number of halogens is 2. The fourth-order valence-electron chi connectivity index (χ4n) is 1.16. The van der Waals surface area contributed by atoms with Crippen molar-refractivity contribution in [1.82, 2.24) is 10.6 Å². The van der Waals surface area contributed by atoms with Crippen LogP contribution in [0.15, 0.2) is 0 Å². The van der Waals surface area contributed by atoms with Gasteiger partial charge < -0.3 is 62.3 Å². The summed E-state index contributed by atoms with van der Waals surface area (Å²) in [5.74, 6) is -3.70. The average molecular weight is 478 g/mol. The molecule has 0 saturated carbocycles. The summed E-state index contributed by atoms with van der Waals surface area (Å²) in [4.78, 5) is 43.7. The normalized spacial score (nSPS) is 10.5. The van der Waals surface area contributed by atoms with Crippen LogP contribution in [0.2, 0.25) is 0 Å². The molecule has 0 aliphatic carbocycles. The van der Waals surface area contributed by atoms with E-state index in [0.29, 0.717) is 0 Å². The summed E-state index contributed by atoms with van der Waals surface area (Å²) < 4.78 is 0. The number of carboxylic acids is 2. The minimum Gasteiger partial charge on any atom is -1.00 e. The Morgan fingerprint density at radius 1 is 1.08 bits per heavy atom. The van der Waals surface area contributed by atoms with Crippen LogP contribution in [0.4, 0.5) is 0 Å². The van der Waals surface area contributed by atoms with Crippen molar-refractivity contribution in [2.24, 2.45) is 5.73 Å². The van der Waals surface area contributed by atoms with E-state index in [9.17, 15) is 19.2 Å². The van der Waals surface area contributed by atoms with E-state index in [4.69, 9.17) is 15.9 Å². The molecule has 0 rings (SSSR count). The van der Waals surface area contributed by atoms with Crippen molar-refractivity contribution in [1.29, 1.82) is 0 Å². The van der Waals surface area contributed by atoms with Crippen LogP contribution < -0.4 is 41.2 Å². The van der Waals surface area contributed by atoms with Gasteiger partial charge in [0.2, 0.25) is 11.8 Å². The second kappa shape index (κ2) is 21.3. The monoisotopic (exact) mass is 476 g/mol. The average Bonchev–Trinajstić information content (AvgIpc) is 2.38. The third-order valence-electron chi connectivity index (χ3n) is 2.25. The third-order valence-corrected chi connectivity index (χ3v) is 2.61. The molecule has 0 bridgehead atoms. The zero-order chi connectivity index (χ0) is 15.7. The molecule has 0 aromatic heterocycles. The quantitative estimate of drug-likeness (QED) is 0.139. The first-order valence-corrected chi connectivity index (χ1v) is 6.29. The molecule has 0 spiro atoms. The van der Waals surface area contributed by atoms with Gasteiger partial charge in [0.05, 0.1) is 0 Å². The molecule has 2 atom stereocenters. The van der Waals surface area contributed by atoms with E-state index in [2.05, 4.69) is 23.3 Å². The molecule has 0 unspecified atom stereocenters. The van der Waals surface area contributed by atoms with E-state index < -0.39 is 42.4 Å². The fraction of sp³-hybridized carbons (Fsp3) is 0.600. The van der Waals surface area contributed by atoms with Crippen molar-refractivity contribution in [3.63, 3.8) is 0 Å². The number of rotatable bonds is 9. The number of carboxylic acid groups (broad SMARTS) is 2. The first-order valence-electron chi connectivity index (χ1n) is 5.66. The number of thiol groups is 1. The van der Waals surface area contributed by atoms with Crippen molar-refractivity contribution in [2.45, 2.75) is 24.9 Å². The predicted molar refractivity (Wildman–Crippen MR) is 78.5 cm³/mol. The molecule has 155 valence electrons. The molecule has 11 nitrogen and oxygen atoms in total. The molecule has 0 saturated heterocycles. The Morgan fingerprint density at radius 2 is 1.56 bits per heavy atom. The number of amides is 2. The number of nitrogens with two attached hydrogens (primary N) is 1. The number of hydrogen-bond acceptors (Lipinski definition) is 6. The summed E-state index contributed by atoms with van der Waals surface area (Å²) in [7, 11) is 0. The van der Waals surface area contributed by atoms with Gasteiger partial charge in [-0.1, -0.05) is 0 Å². The van der Waals surface area contributed by atoms with Crippen molar-refractivity contribution in [3.8, 4) is 0 Å². The maximum Gasteiger partial charge on any atom is 2.00 e. The first-order chi connectivity index (χ1) is 9.27. The van der Waals surface area contributed by atoms with Crippen LogP contribution in [0.5, 0.6) is 0 Å². The van der Waals surface area contributed by atoms with E-state index in [-0.39, 0.29) is 71.4 Å². The van der Waals surface area contributed by atoms with E-state index >= 15 is 0 Å². The Morgan fingerprint density at radius 3 is 1.92 bits per heavy atom. The zero-order valence-electron chi connectivity index (χ0n) is 12.6. The largest absolute Gasteiger partial charge is 2.00 e. The summed E-state index contributed by atoms with van der Waals surface area (Å²) in [5, 5.41) is 21.4. The van der Waals surface area contributed by atoms with Crippen LogP contribution in [-0.4, -0.2) is 69.3 Å². The van der Waals surface area contributed by atoms with Gasteiger partial charge in [-0.25, -0.2) is 0 Å². The SMILES string of the molecule is N[C@@H](CCC(=O)N[C@@H](CS)C(=O)NCC(=O)O)C(=O)O.O.O.[Cl-].[Cl-].[Cu+2]. The van der Waals surface area contributed by atoms with Gasteiger partial charge in [-0.15, -0.1) is 0 Å². The van der Waals surface area contributed by atoms with Crippen LogP contribution >= 0.6 is 12.6 Å². The van der Waals surface area contributed by atoms with Crippen LogP contribution in [0, 0.1) is 0 Å². The molecule has 0 heterocycles.